The number of nitrogens with one attached hydrogen (secondary N) is 1. The van der Waals surface area contributed by atoms with Crippen LogP contribution in [0.5, 0.6) is 0 Å². The SMILES string of the molecule is C=CCn1c(SCC(=O)Nc2sc3c(c2C(=O)OC)CCC3)nc2scc(-c3ccccc3)c2c1=O. The Bertz CT molecular complexity index is 1540. The molecule has 0 saturated carbocycles. The summed E-state index contributed by atoms with van der Waals surface area (Å²) in [5.74, 6) is -0.674. The first-order valence-electron chi connectivity index (χ1n) is 11.4. The molecule has 10 heteroatoms. The summed E-state index contributed by atoms with van der Waals surface area (Å²) in [6.07, 6.45) is 4.35. The van der Waals surface area contributed by atoms with E-state index in [9.17, 15) is 14.4 Å². The summed E-state index contributed by atoms with van der Waals surface area (Å²) in [5.41, 5.74) is 3.08. The van der Waals surface area contributed by atoms with E-state index in [4.69, 9.17) is 9.72 Å². The maximum atomic E-state index is 13.5. The molecular weight excluding hydrogens is 515 g/mol. The number of aromatic nitrogens is 2. The number of carbonyl (C=O) groups excluding carboxylic acids is 2. The van der Waals surface area contributed by atoms with Gasteiger partial charge in [-0.25, -0.2) is 9.78 Å². The zero-order valence-corrected chi connectivity index (χ0v) is 22.0. The van der Waals surface area contributed by atoms with Gasteiger partial charge in [0.15, 0.2) is 5.16 Å². The van der Waals surface area contributed by atoms with Gasteiger partial charge in [0.1, 0.15) is 9.83 Å². The second-order valence-corrected chi connectivity index (χ2v) is 11.1. The number of thiophene rings is 2. The first kappa shape index (κ1) is 24.5. The number of benzene rings is 1. The predicted molar refractivity (Wildman–Crippen MR) is 147 cm³/mol. The maximum Gasteiger partial charge on any atom is 0.341 e. The fourth-order valence-corrected chi connectivity index (χ4v) is 7.43. The number of hydrogen-bond acceptors (Lipinski definition) is 8. The van der Waals surface area contributed by atoms with Crippen molar-refractivity contribution < 1.29 is 14.3 Å². The minimum Gasteiger partial charge on any atom is -0.465 e. The lowest BCUT2D eigenvalue weighted by molar-refractivity contribution is -0.113. The number of amides is 1. The Kier molecular flexibility index (Phi) is 7.08. The second kappa shape index (κ2) is 10.4. The number of hydrogen-bond donors (Lipinski definition) is 1. The number of rotatable bonds is 8. The smallest absolute Gasteiger partial charge is 0.341 e. The number of methoxy groups -OCH3 is 1. The fraction of sp³-hybridized carbons (Fsp3) is 0.231. The molecule has 184 valence electrons. The molecule has 5 rings (SSSR count). The molecule has 0 unspecified atom stereocenters. The lowest BCUT2D eigenvalue weighted by Gasteiger charge is -2.11. The van der Waals surface area contributed by atoms with Crippen LogP contribution in [0.25, 0.3) is 21.3 Å². The summed E-state index contributed by atoms with van der Waals surface area (Å²) in [7, 11) is 1.34. The molecule has 0 spiro atoms. The van der Waals surface area contributed by atoms with Crippen molar-refractivity contribution in [3.63, 3.8) is 0 Å². The van der Waals surface area contributed by atoms with E-state index in [1.807, 2.05) is 35.7 Å². The van der Waals surface area contributed by atoms with Gasteiger partial charge in [-0.2, -0.15) is 0 Å². The van der Waals surface area contributed by atoms with Crippen molar-refractivity contribution in [1.29, 1.82) is 0 Å². The lowest BCUT2D eigenvalue weighted by Crippen LogP contribution is -2.23. The van der Waals surface area contributed by atoms with Crippen molar-refractivity contribution in [3.05, 3.63) is 74.7 Å². The third-order valence-electron chi connectivity index (χ3n) is 5.95. The van der Waals surface area contributed by atoms with E-state index in [-0.39, 0.29) is 23.8 Å². The number of anilines is 1. The number of fused-ring (bicyclic) bond motifs is 2. The van der Waals surface area contributed by atoms with E-state index in [0.29, 0.717) is 25.9 Å². The summed E-state index contributed by atoms with van der Waals surface area (Å²) >= 11 is 4.03. The summed E-state index contributed by atoms with van der Waals surface area (Å²) in [4.78, 5) is 45.2. The highest BCUT2D eigenvalue weighted by molar-refractivity contribution is 7.99. The Hall–Kier alpha value is -3.21. The van der Waals surface area contributed by atoms with Crippen LogP contribution in [0.15, 0.2) is 58.3 Å². The molecule has 0 radical (unpaired) electrons. The van der Waals surface area contributed by atoms with Crippen molar-refractivity contribution in [2.24, 2.45) is 0 Å². The fourth-order valence-electron chi connectivity index (χ4n) is 4.34. The van der Waals surface area contributed by atoms with Crippen LogP contribution >= 0.6 is 34.4 Å². The molecule has 7 nitrogen and oxygen atoms in total. The number of esters is 1. The zero-order valence-electron chi connectivity index (χ0n) is 19.5. The lowest BCUT2D eigenvalue weighted by atomic mass is 10.1. The highest BCUT2D eigenvalue weighted by atomic mass is 32.2. The van der Waals surface area contributed by atoms with E-state index < -0.39 is 5.97 Å². The third kappa shape index (κ3) is 4.52. The molecule has 4 aromatic rings. The second-order valence-electron chi connectivity index (χ2n) is 8.18. The van der Waals surface area contributed by atoms with Crippen molar-refractivity contribution in [1.82, 2.24) is 9.55 Å². The molecule has 3 heterocycles. The predicted octanol–water partition coefficient (Wildman–Crippen LogP) is 5.38. The third-order valence-corrected chi connectivity index (χ3v) is 9.01. The molecule has 0 aliphatic heterocycles. The van der Waals surface area contributed by atoms with Gasteiger partial charge >= 0.3 is 5.97 Å². The van der Waals surface area contributed by atoms with E-state index >= 15 is 0 Å². The molecule has 1 aromatic carbocycles. The van der Waals surface area contributed by atoms with Crippen LogP contribution in [-0.2, 0) is 28.9 Å². The first-order valence-corrected chi connectivity index (χ1v) is 14.0. The molecule has 0 atom stereocenters. The van der Waals surface area contributed by atoms with E-state index in [1.54, 1.807) is 10.6 Å². The normalized spacial score (nSPS) is 12.5. The topological polar surface area (TPSA) is 90.3 Å². The number of aryl methyl sites for hydroxylation is 1. The van der Waals surface area contributed by atoms with E-state index in [1.165, 1.54) is 41.5 Å². The van der Waals surface area contributed by atoms with E-state index in [0.717, 1.165) is 40.8 Å². The maximum absolute atomic E-state index is 13.5. The number of ether oxygens (including phenoxy) is 1. The van der Waals surface area contributed by atoms with Crippen LogP contribution < -0.4 is 10.9 Å². The van der Waals surface area contributed by atoms with Gasteiger partial charge in [-0.05, 0) is 30.4 Å². The molecule has 1 N–H and O–H groups in total. The molecule has 0 fully saturated rings. The van der Waals surface area contributed by atoms with E-state index in [2.05, 4.69) is 11.9 Å². The molecule has 0 saturated heterocycles. The van der Waals surface area contributed by atoms with Crippen molar-refractivity contribution in [3.8, 4) is 11.1 Å². The van der Waals surface area contributed by atoms with Crippen LogP contribution in [-0.4, -0.2) is 34.3 Å². The minimum absolute atomic E-state index is 0.0369. The standard InChI is InChI=1S/C26H23N3O4S3/c1-3-12-29-24(31)20-17(15-8-5-4-6-9-15)13-34-22(20)28-26(29)35-14-19(30)27-23-21(25(32)33-2)16-10-7-11-18(16)36-23/h3-6,8-9,13H,1,7,10-12,14H2,2H3,(H,27,30). The molecule has 1 aliphatic rings. The van der Waals surface area contributed by atoms with Gasteiger partial charge in [0.2, 0.25) is 5.91 Å². The van der Waals surface area contributed by atoms with Crippen molar-refractivity contribution >= 4 is 61.5 Å². The van der Waals surface area contributed by atoms with Crippen molar-refractivity contribution in [2.45, 2.75) is 31.0 Å². The average molecular weight is 538 g/mol. The summed E-state index contributed by atoms with van der Waals surface area (Å²) in [6, 6.07) is 9.74. The van der Waals surface area contributed by atoms with Crippen LogP contribution in [0.3, 0.4) is 0 Å². The highest BCUT2D eigenvalue weighted by Gasteiger charge is 2.28. The Labute approximate surface area is 219 Å². The molecule has 36 heavy (non-hydrogen) atoms. The summed E-state index contributed by atoms with van der Waals surface area (Å²) < 4.78 is 6.50. The first-order chi connectivity index (χ1) is 17.5. The molecule has 0 bridgehead atoms. The molecule has 1 amide bonds. The Morgan fingerprint density at radius 2 is 2.08 bits per heavy atom. The Morgan fingerprint density at radius 3 is 2.83 bits per heavy atom. The van der Waals surface area contributed by atoms with Crippen LogP contribution in [0.1, 0.15) is 27.2 Å². The number of carbonyl (C=O) groups is 2. The average Bonchev–Trinajstić information content (AvgIpc) is 3.59. The van der Waals surface area contributed by atoms with Gasteiger partial charge in [0.05, 0.1) is 23.8 Å². The quantitative estimate of drug-likeness (QED) is 0.141. The number of nitrogens with zero attached hydrogens (tertiary/aromatic N) is 2. The molecule has 3 aromatic heterocycles. The van der Waals surface area contributed by atoms with Gasteiger partial charge in [0.25, 0.3) is 5.56 Å². The monoisotopic (exact) mass is 537 g/mol. The summed E-state index contributed by atoms with van der Waals surface area (Å²) in [6.45, 7) is 4.06. The molecule has 1 aliphatic carbocycles. The van der Waals surface area contributed by atoms with Gasteiger partial charge < -0.3 is 10.1 Å². The Morgan fingerprint density at radius 1 is 1.28 bits per heavy atom. The van der Waals surface area contributed by atoms with Crippen molar-refractivity contribution in [2.75, 3.05) is 18.2 Å². The van der Waals surface area contributed by atoms with Gasteiger partial charge in [-0.3, -0.25) is 14.2 Å². The van der Waals surface area contributed by atoms with Crippen LogP contribution in [0, 0.1) is 0 Å². The number of allylic oxidation sites excluding steroid dienone is 1. The van der Waals surface area contributed by atoms with Crippen LogP contribution in [0.4, 0.5) is 5.00 Å². The van der Waals surface area contributed by atoms with Crippen LogP contribution in [0.2, 0.25) is 0 Å². The zero-order chi connectivity index (χ0) is 25.2. The molecular formula is C26H23N3O4S3. The van der Waals surface area contributed by atoms with Gasteiger partial charge in [-0.1, -0.05) is 48.2 Å². The largest absolute Gasteiger partial charge is 0.465 e. The minimum atomic E-state index is -0.434. The van der Waals surface area contributed by atoms with Gasteiger partial charge in [-0.15, -0.1) is 29.3 Å². The number of thioether (sulfide) groups is 1. The highest BCUT2D eigenvalue weighted by Crippen LogP contribution is 2.39. The Balaban J connectivity index is 1.41. The van der Waals surface area contributed by atoms with Gasteiger partial charge in [0, 0.05) is 22.4 Å². The summed E-state index contributed by atoms with van der Waals surface area (Å²) in [5, 5.41) is 6.36.